The van der Waals surface area contributed by atoms with Crippen molar-refractivity contribution in [2.24, 2.45) is 4.99 Å². The van der Waals surface area contributed by atoms with Gasteiger partial charge in [0.25, 0.3) is 12.3 Å². The molecule has 2 aromatic rings. The van der Waals surface area contributed by atoms with E-state index in [0.29, 0.717) is 17.2 Å². The van der Waals surface area contributed by atoms with Crippen molar-refractivity contribution in [3.8, 4) is 23.3 Å². The second-order valence-corrected chi connectivity index (χ2v) is 8.81. The zero-order chi connectivity index (χ0) is 32.8. The Morgan fingerprint density at radius 3 is 2.39 bits per heavy atom. The van der Waals surface area contributed by atoms with Crippen LogP contribution < -0.4 is 14.2 Å². The van der Waals surface area contributed by atoms with Gasteiger partial charge in [0.15, 0.2) is 11.5 Å². The fourth-order valence-electron chi connectivity index (χ4n) is 3.76. The molecule has 1 atom stereocenters. The van der Waals surface area contributed by atoms with Crippen molar-refractivity contribution in [2.75, 3.05) is 34.4 Å². The number of nitrogens with zero attached hydrogens (tertiary/aromatic N) is 5. The van der Waals surface area contributed by atoms with Crippen molar-refractivity contribution in [3.63, 3.8) is 0 Å². The van der Waals surface area contributed by atoms with Crippen molar-refractivity contribution in [3.05, 3.63) is 74.8 Å². The van der Waals surface area contributed by atoms with Gasteiger partial charge in [-0.1, -0.05) is 0 Å². The molecule has 0 spiro atoms. The molecule has 1 unspecified atom stereocenters. The number of alkyl halides is 3. The van der Waals surface area contributed by atoms with Gasteiger partial charge in [0, 0.05) is 25.7 Å². The highest BCUT2D eigenvalue weighted by atomic mass is 19.4. The van der Waals surface area contributed by atoms with Gasteiger partial charge in [0.1, 0.15) is 5.75 Å². The van der Waals surface area contributed by atoms with Crippen LogP contribution in [0.15, 0.2) is 53.0 Å². The molecule has 0 fully saturated rings. The predicted molar refractivity (Wildman–Crippen MR) is 144 cm³/mol. The second-order valence-electron chi connectivity index (χ2n) is 8.81. The molecule has 1 amide bonds. The molecule has 14 nitrogen and oxygen atoms in total. The number of carbonyl (C=O) groups is 2. The lowest BCUT2D eigenvalue weighted by molar-refractivity contribution is -0.422. The molecule has 0 saturated carbocycles. The van der Waals surface area contributed by atoms with Gasteiger partial charge in [-0.2, -0.15) is 23.5 Å². The van der Waals surface area contributed by atoms with E-state index in [1.54, 1.807) is 6.92 Å². The van der Waals surface area contributed by atoms with Crippen LogP contribution in [0.2, 0.25) is 0 Å². The number of amides is 1. The minimum absolute atomic E-state index is 0.105. The molecule has 1 aliphatic heterocycles. The molecular weight excluding hydrogens is 595 g/mol. The first-order valence-electron chi connectivity index (χ1n) is 12.7. The molecule has 1 aliphatic rings. The minimum Gasteiger partial charge on any atom is -0.490 e. The number of nitro groups is 1. The summed E-state index contributed by atoms with van der Waals surface area (Å²) in [6.45, 7) is 3.04. The van der Waals surface area contributed by atoms with Crippen LogP contribution in [0, 0.1) is 21.4 Å². The number of aliphatic imine (C=N–C) groups is 1. The molecule has 0 aromatic heterocycles. The maximum Gasteiger partial charge on any atom is 0.416 e. The fraction of sp³-hybridized carbons (Fsp3) is 0.333. The Morgan fingerprint density at radius 1 is 1.14 bits per heavy atom. The SMILES string of the molecule is CCOC(=O)C1=NC(Oc2cc(C#N)ccc2OCC)N(OC)C(Oc2cc(C(=O)N(C)C)cc(C(F)(F)F)c2)=C1[N+](=O)[O-]. The van der Waals surface area contributed by atoms with Crippen LogP contribution in [0.1, 0.15) is 35.3 Å². The van der Waals surface area contributed by atoms with Crippen molar-refractivity contribution < 1.29 is 51.5 Å². The van der Waals surface area contributed by atoms with Gasteiger partial charge in [-0.05, 0) is 44.2 Å². The molecule has 3 rings (SSSR count). The number of benzene rings is 2. The van der Waals surface area contributed by atoms with Crippen molar-refractivity contribution in [2.45, 2.75) is 26.4 Å². The molecule has 1 heterocycles. The Morgan fingerprint density at radius 2 is 1.84 bits per heavy atom. The monoisotopic (exact) mass is 621 g/mol. The van der Waals surface area contributed by atoms with E-state index in [-0.39, 0.29) is 30.3 Å². The summed E-state index contributed by atoms with van der Waals surface area (Å²) >= 11 is 0. The van der Waals surface area contributed by atoms with E-state index in [9.17, 15) is 38.1 Å². The van der Waals surface area contributed by atoms with Crippen LogP contribution in [0.4, 0.5) is 13.2 Å². The number of halogens is 3. The van der Waals surface area contributed by atoms with Gasteiger partial charge in [-0.3, -0.25) is 19.7 Å². The van der Waals surface area contributed by atoms with Crippen LogP contribution in [-0.4, -0.2) is 73.2 Å². The molecule has 44 heavy (non-hydrogen) atoms. The van der Waals surface area contributed by atoms with Crippen LogP contribution in [0.25, 0.3) is 0 Å². The molecule has 0 bridgehead atoms. The third kappa shape index (κ3) is 7.33. The lowest BCUT2D eigenvalue weighted by atomic mass is 10.1. The summed E-state index contributed by atoms with van der Waals surface area (Å²) in [6, 6.07) is 8.02. The smallest absolute Gasteiger partial charge is 0.416 e. The molecule has 0 aliphatic carbocycles. The number of hydrogen-bond acceptors (Lipinski definition) is 12. The summed E-state index contributed by atoms with van der Waals surface area (Å²) in [5.41, 5.74) is -3.69. The zero-order valence-corrected chi connectivity index (χ0v) is 24.0. The average molecular weight is 622 g/mol. The van der Waals surface area contributed by atoms with E-state index in [1.807, 2.05) is 6.07 Å². The quantitative estimate of drug-likeness (QED) is 0.204. The topological polar surface area (TPSA) is 166 Å². The van der Waals surface area contributed by atoms with Gasteiger partial charge >= 0.3 is 23.7 Å². The van der Waals surface area contributed by atoms with Crippen molar-refractivity contribution in [1.29, 1.82) is 5.26 Å². The summed E-state index contributed by atoms with van der Waals surface area (Å²) in [4.78, 5) is 46.9. The zero-order valence-electron chi connectivity index (χ0n) is 24.0. The summed E-state index contributed by atoms with van der Waals surface area (Å²) in [5, 5.41) is 22.2. The van der Waals surface area contributed by atoms with Gasteiger partial charge in [-0.15, -0.1) is 0 Å². The van der Waals surface area contributed by atoms with Gasteiger partial charge in [0.05, 0.1) is 42.4 Å². The van der Waals surface area contributed by atoms with Crippen molar-refractivity contribution in [1.82, 2.24) is 9.96 Å². The van der Waals surface area contributed by atoms with E-state index in [2.05, 4.69) is 4.99 Å². The summed E-state index contributed by atoms with van der Waals surface area (Å²) < 4.78 is 63.3. The van der Waals surface area contributed by atoms with Gasteiger partial charge < -0.3 is 23.8 Å². The summed E-state index contributed by atoms with van der Waals surface area (Å²) in [5.74, 6) is -3.71. The third-order valence-electron chi connectivity index (χ3n) is 5.62. The minimum atomic E-state index is -4.95. The first kappa shape index (κ1) is 33.1. The number of nitriles is 1. The number of hydroxylamine groups is 2. The van der Waals surface area contributed by atoms with Crippen LogP contribution in [0.3, 0.4) is 0 Å². The molecule has 0 N–H and O–H groups in total. The van der Waals surface area contributed by atoms with E-state index in [1.165, 1.54) is 39.2 Å². The number of ether oxygens (including phenoxy) is 4. The normalized spacial score (nSPS) is 14.8. The van der Waals surface area contributed by atoms with Crippen LogP contribution in [-0.2, 0) is 20.5 Å². The van der Waals surface area contributed by atoms with Gasteiger partial charge in [-0.25, -0.2) is 9.79 Å². The Labute approximate surface area is 248 Å². The van der Waals surface area contributed by atoms with E-state index < -0.39 is 63.5 Å². The number of carbonyl (C=O) groups excluding carboxylic acids is 2. The number of hydrogen-bond donors (Lipinski definition) is 0. The standard InChI is InChI=1S/C27H26F3N5O9/c1-6-41-19-9-8-15(14-31)10-20(19)44-26-32-21(25(37)42-7-2)22(35(38)39)24(34(26)40-5)43-18-12-16(23(36)33(3)4)11-17(13-18)27(28,29)30/h8-13,26H,6-7H2,1-5H3. The maximum absolute atomic E-state index is 13.8. The first-order chi connectivity index (χ1) is 20.7. The Hall–Kier alpha value is -5.37. The maximum atomic E-state index is 13.8. The lowest BCUT2D eigenvalue weighted by Gasteiger charge is -2.32. The Balaban J connectivity index is 2.26. The number of esters is 1. The molecular formula is C27H26F3N5O9. The van der Waals surface area contributed by atoms with Gasteiger partial charge in [0.2, 0.25) is 5.71 Å². The second kappa shape index (κ2) is 13.7. The summed E-state index contributed by atoms with van der Waals surface area (Å²) in [6.07, 6.45) is -6.75. The van der Waals surface area contributed by atoms with E-state index >= 15 is 0 Å². The molecule has 17 heteroatoms. The van der Waals surface area contributed by atoms with E-state index in [0.717, 1.165) is 18.1 Å². The Bertz CT molecular complexity index is 1550. The fourth-order valence-corrected chi connectivity index (χ4v) is 3.76. The molecule has 2 aromatic carbocycles. The van der Waals surface area contributed by atoms with E-state index in [4.69, 9.17) is 23.8 Å². The number of rotatable bonds is 11. The average Bonchev–Trinajstić information content (AvgIpc) is 2.96. The third-order valence-corrected chi connectivity index (χ3v) is 5.62. The molecule has 234 valence electrons. The largest absolute Gasteiger partial charge is 0.490 e. The first-order valence-corrected chi connectivity index (χ1v) is 12.7. The lowest BCUT2D eigenvalue weighted by Crippen LogP contribution is -2.46. The Kier molecular flexibility index (Phi) is 10.3. The highest BCUT2D eigenvalue weighted by Crippen LogP contribution is 2.36. The summed E-state index contributed by atoms with van der Waals surface area (Å²) in [7, 11) is 3.64. The predicted octanol–water partition coefficient (Wildman–Crippen LogP) is 3.75. The highest BCUT2D eigenvalue weighted by Gasteiger charge is 2.45. The van der Waals surface area contributed by atoms with Crippen LogP contribution >= 0.6 is 0 Å². The van der Waals surface area contributed by atoms with Crippen LogP contribution in [0.5, 0.6) is 17.2 Å². The highest BCUT2D eigenvalue weighted by molar-refractivity contribution is 6.42. The van der Waals surface area contributed by atoms with Crippen molar-refractivity contribution >= 4 is 17.6 Å². The molecule has 0 saturated heterocycles. The molecule has 0 radical (unpaired) electrons.